The Morgan fingerprint density at radius 2 is 1.41 bits per heavy atom. The molecule has 0 unspecified atom stereocenters. The molecular formula is C58H83NO6S. The van der Waals surface area contributed by atoms with Crippen LogP contribution in [0.25, 0.3) is 0 Å². The lowest BCUT2D eigenvalue weighted by Crippen LogP contribution is -2.64. The van der Waals surface area contributed by atoms with Crippen LogP contribution in [0.3, 0.4) is 0 Å². The third-order valence-corrected chi connectivity index (χ3v) is 15.8. The molecule has 3 aromatic rings. The zero-order valence-corrected chi connectivity index (χ0v) is 41.7. The van der Waals surface area contributed by atoms with Crippen molar-refractivity contribution >= 4 is 17.5 Å². The number of allylic oxidation sites excluding steroid dienone is 1. The molecule has 362 valence electrons. The monoisotopic (exact) mass is 922 g/mol. The van der Waals surface area contributed by atoms with Crippen molar-refractivity contribution in [1.29, 1.82) is 0 Å². The van der Waals surface area contributed by atoms with Gasteiger partial charge in [0.1, 0.15) is 23.9 Å². The lowest BCUT2D eigenvalue weighted by atomic mass is 9.56. The van der Waals surface area contributed by atoms with E-state index in [2.05, 4.69) is 69.8 Å². The summed E-state index contributed by atoms with van der Waals surface area (Å²) in [5.74, 6) is 2.78. The number of nitrogens with zero attached hydrogens (tertiary/aromatic N) is 1. The van der Waals surface area contributed by atoms with Crippen LogP contribution in [-0.4, -0.2) is 52.5 Å². The summed E-state index contributed by atoms with van der Waals surface area (Å²) in [6, 6.07) is 22.9. The van der Waals surface area contributed by atoms with Gasteiger partial charge in [0, 0.05) is 31.1 Å². The summed E-state index contributed by atoms with van der Waals surface area (Å²) in [6.07, 6.45) is 29.0. The van der Waals surface area contributed by atoms with Gasteiger partial charge in [-0.25, -0.2) is 0 Å². The number of thioether (sulfide) groups is 1. The van der Waals surface area contributed by atoms with Crippen LogP contribution in [0, 0.1) is 31.6 Å². The molecule has 0 amide bonds. The van der Waals surface area contributed by atoms with E-state index in [1.165, 1.54) is 94.6 Å². The van der Waals surface area contributed by atoms with Crippen molar-refractivity contribution in [2.24, 2.45) is 22.9 Å². The number of fused-ring (bicyclic) bond motifs is 2. The van der Waals surface area contributed by atoms with Gasteiger partial charge in [0.25, 0.3) is 0 Å². The fourth-order valence-corrected chi connectivity index (χ4v) is 12.2. The molecule has 6 rings (SSSR count). The minimum Gasteiger partial charge on any atom is -0.460 e. The van der Waals surface area contributed by atoms with Gasteiger partial charge in [0.05, 0.1) is 23.5 Å². The fraction of sp³-hybridized carbons (Fsp3) is 0.603. The number of benzene rings is 3. The van der Waals surface area contributed by atoms with E-state index in [0.29, 0.717) is 19.6 Å². The van der Waals surface area contributed by atoms with Gasteiger partial charge in [-0.05, 0) is 116 Å². The number of oxime groups is 1. The molecule has 0 aromatic heterocycles. The van der Waals surface area contributed by atoms with E-state index in [-0.39, 0.29) is 42.1 Å². The predicted molar refractivity (Wildman–Crippen MR) is 275 cm³/mol. The second-order valence-corrected chi connectivity index (χ2v) is 20.6. The number of hydrogen-bond acceptors (Lipinski definition) is 8. The summed E-state index contributed by atoms with van der Waals surface area (Å²) < 4.78 is 21.3. The average molecular weight is 922 g/mol. The fourth-order valence-electron chi connectivity index (χ4n) is 10.7. The highest BCUT2D eigenvalue weighted by Crippen LogP contribution is 2.62. The third-order valence-electron chi connectivity index (χ3n) is 14.4. The second-order valence-electron chi connectivity index (χ2n) is 19.3. The molecule has 8 heteroatoms. The van der Waals surface area contributed by atoms with E-state index >= 15 is 0 Å². The Hall–Kier alpha value is -3.56. The first-order valence-electron chi connectivity index (χ1n) is 26.0. The zero-order chi connectivity index (χ0) is 46.4. The van der Waals surface area contributed by atoms with Crippen LogP contribution in [0.1, 0.15) is 170 Å². The Morgan fingerprint density at radius 1 is 0.758 bits per heavy atom. The summed E-state index contributed by atoms with van der Waals surface area (Å²) in [4.78, 5) is 6.30. The van der Waals surface area contributed by atoms with E-state index in [9.17, 15) is 10.2 Å². The largest absolute Gasteiger partial charge is 0.460 e. The van der Waals surface area contributed by atoms with Crippen LogP contribution in [0.4, 0.5) is 0 Å². The van der Waals surface area contributed by atoms with Gasteiger partial charge in [0.2, 0.25) is 5.79 Å². The number of rotatable bonds is 32. The van der Waals surface area contributed by atoms with Crippen molar-refractivity contribution in [1.82, 2.24) is 0 Å². The normalized spacial score (nSPS) is 22.6. The SMILES string of the molecule is C=CCO[C@@]12Oc3ccc(Oc4ccc(C)c(C)c4)cc3[C@H]3[C@H](CCCCO)[C@@H](CCCCO)C=C(C(=NOCc4ccccc4)C[C@@H]1SCCCCCCCCCCCCCCCC)[C@H]32. The first-order chi connectivity index (χ1) is 32.4. The van der Waals surface area contributed by atoms with Gasteiger partial charge in [-0.2, -0.15) is 11.8 Å². The lowest BCUT2D eigenvalue weighted by molar-refractivity contribution is -0.223. The maximum Gasteiger partial charge on any atom is 0.230 e. The Bertz CT molecular complexity index is 1950. The Balaban J connectivity index is 1.30. The maximum absolute atomic E-state index is 10.0. The van der Waals surface area contributed by atoms with E-state index in [4.69, 9.17) is 24.2 Å². The van der Waals surface area contributed by atoms with Crippen LogP contribution in [0.5, 0.6) is 17.2 Å². The van der Waals surface area contributed by atoms with Gasteiger partial charge in [-0.3, -0.25) is 0 Å². The first-order valence-corrected chi connectivity index (χ1v) is 27.1. The van der Waals surface area contributed by atoms with Crippen LogP contribution in [-0.2, 0) is 16.2 Å². The highest BCUT2D eigenvalue weighted by molar-refractivity contribution is 8.00. The highest BCUT2D eigenvalue weighted by atomic mass is 32.2. The summed E-state index contributed by atoms with van der Waals surface area (Å²) >= 11 is 1.98. The van der Waals surface area contributed by atoms with Crippen LogP contribution < -0.4 is 9.47 Å². The second kappa shape index (κ2) is 28.1. The molecule has 1 aliphatic heterocycles. The maximum atomic E-state index is 10.0. The molecule has 1 saturated carbocycles. The van der Waals surface area contributed by atoms with Crippen molar-refractivity contribution in [3.05, 3.63) is 113 Å². The van der Waals surface area contributed by atoms with Crippen LogP contribution in [0.2, 0.25) is 0 Å². The summed E-state index contributed by atoms with van der Waals surface area (Å²) in [6.45, 7) is 11.8. The smallest absolute Gasteiger partial charge is 0.230 e. The average Bonchev–Trinajstić information content (AvgIpc) is 3.33. The minimum atomic E-state index is -0.974. The molecule has 66 heavy (non-hydrogen) atoms. The molecule has 1 fully saturated rings. The molecule has 6 atom stereocenters. The Morgan fingerprint density at radius 3 is 2.08 bits per heavy atom. The number of ether oxygens (including phenoxy) is 3. The van der Waals surface area contributed by atoms with Gasteiger partial charge < -0.3 is 29.3 Å². The molecule has 0 spiro atoms. The molecule has 0 bridgehead atoms. The standard InChI is InChI=1S/C58H83NO6S/c1-5-7-8-9-10-11-12-13-14-15-16-17-18-26-38-66-55-42-53(59-63-43-46-27-20-19-21-28-46)51-40-47(29-22-24-35-60)50(30-23-25-36-61)56-52-41-49(64-48-32-31-44(3)45(4)39-48)33-34-54(52)65-58(55,57(51)56)62-37-6-2/h6,19-21,27-28,31-34,39-41,47,50,55-57,60-61H,2,5,7-18,22-26,29-30,35-38,42-43H2,1,3-4H3/t47-,50+,55-,56+,57+,58+/m0/s1. The van der Waals surface area contributed by atoms with Gasteiger partial charge >= 0.3 is 0 Å². The van der Waals surface area contributed by atoms with Crippen molar-refractivity contribution in [3.63, 3.8) is 0 Å². The third kappa shape index (κ3) is 14.5. The van der Waals surface area contributed by atoms with Crippen molar-refractivity contribution in [3.8, 4) is 17.2 Å². The Labute approximate surface area is 403 Å². The number of aliphatic hydroxyl groups is 2. The number of aryl methyl sites for hydroxylation is 2. The van der Waals surface area contributed by atoms with Gasteiger partial charge in [-0.15, -0.1) is 6.58 Å². The summed E-state index contributed by atoms with van der Waals surface area (Å²) in [7, 11) is 0. The minimum absolute atomic E-state index is 0.0171. The molecular weight excluding hydrogens is 839 g/mol. The zero-order valence-electron chi connectivity index (χ0n) is 40.9. The van der Waals surface area contributed by atoms with E-state index < -0.39 is 5.79 Å². The predicted octanol–water partition coefficient (Wildman–Crippen LogP) is 15.1. The molecule has 0 radical (unpaired) electrons. The molecule has 2 N–H and O–H groups in total. The van der Waals surface area contributed by atoms with Crippen LogP contribution >= 0.6 is 11.8 Å². The molecule has 3 aromatic carbocycles. The topological polar surface area (TPSA) is 89.7 Å². The number of hydrogen-bond donors (Lipinski definition) is 2. The lowest BCUT2D eigenvalue weighted by Gasteiger charge is -2.58. The molecule has 2 aliphatic carbocycles. The van der Waals surface area contributed by atoms with Crippen LogP contribution in [0.15, 0.2) is 96.2 Å². The number of aliphatic hydroxyl groups excluding tert-OH is 2. The molecule has 1 heterocycles. The molecule has 3 aliphatic rings. The highest BCUT2D eigenvalue weighted by Gasteiger charge is 2.64. The van der Waals surface area contributed by atoms with Crippen molar-refractivity contribution < 1.29 is 29.3 Å². The van der Waals surface area contributed by atoms with Crippen molar-refractivity contribution in [2.45, 2.75) is 179 Å². The van der Waals surface area contributed by atoms with E-state index in [0.717, 1.165) is 90.4 Å². The quantitative estimate of drug-likeness (QED) is 0.0366. The molecule has 7 nitrogen and oxygen atoms in total. The molecule has 0 saturated heterocycles. The number of unbranched alkanes of at least 4 members (excludes halogenated alkanes) is 15. The summed E-state index contributed by atoms with van der Waals surface area (Å²) in [5.41, 5.74) is 6.77. The first kappa shape index (κ1) is 51.8. The Kier molecular flexibility index (Phi) is 22.0. The van der Waals surface area contributed by atoms with Crippen molar-refractivity contribution in [2.75, 3.05) is 25.6 Å². The summed E-state index contributed by atoms with van der Waals surface area (Å²) in [5, 5.41) is 25.0. The van der Waals surface area contributed by atoms with E-state index in [1.54, 1.807) is 0 Å². The van der Waals surface area contributed by atoms with Gasteiger partial charge in [0.15, 0.2) is 0 Å². The van der Waals surface area contributed by atoms with E-state index in [1.807, 2.05) is 48.2 Å². The van der Waals surface area contributed by atoms with Gasteiger partial charge in [-0.1, -0.05) is 157 Å².